The molecule has 2 fully saturated rings. The van der Waals surface area contributed by atoms with Gasteiger partial charge in [0.1, 0.15) is 0 Å². The third-order valence-electron chi connectivity index (χ3n) is 3.81. The van der Waals surface area contributed by atoms with Crippen molar-refractivity contribution in [2.75, 3.05) is 19.6 Å². The normalized spacial score (nSPS) is 31.4. The number of piperidine rings is 1. The van der Waals surface area contributed by atoms with Crippen LogP contribution < -0.4 is 5.32 Å². The summed E-state index contributed by atoms with van der Waals surface area (Å²) in [6, 6.07) is 0.384. The molecule has 2 rings (SSSR count). The lowest BCUT2D eigenvalue weighted by Gasteiger charge is -2.37. The third kappa shape index (κ3) is 3.48. The lowest BCUT2D eigenvalue weighted by atomic mass is 9.92. The molecule has 1 aliphatic heterocycles. The molecule has 0 bridgehead atoms. The van der Waals surface area contributed by atoms with Gasteiger partial charge in [-0.2, -0.15) is 0 Å². The number of amides is 1. The average Bonchev–Trinajstić information content (AvgIpc) is 3.00. The van der Waals surface area contributed by atoms with Crippen molar-refractivity contribution < 1.29 is 4.79 Å². The molecule has 1 aliphatic carbocycles. The second kappa shape index (κ2) is 5.17. The fourth-order valence-electron chi connectivity index (χ4n) is 2.81. The van der Waals surface area contributed by atoms with Crippen LogP contribution in [0, 0.1) is 11.8 Å². The van der Waals surface area contributed by atoms with Crippen LogP contribution >= 0.6 is 0 Å². The predicted molar refractivity (Wildman–Crippen MR) is 65.2 cm³/mol. The molecule has 16 heavy (non-hydrogen) atoms. The van der Waals surface area contributed by atoms with Crippen molar-refractivity contribution in [1.29, 1.82) is 0 Å². The number of carbonyl (C=O) groups excluding carboxylic acids is 1. The van der Waals surface area contributed by atoms with E-state index >= 15 is 0 Å². The summed E-state index contributed by atoms with van der Waals surface area (Å²) in [5.74, 6) is 1.84. The van der Waals surface area contributed by atoms with Crippen LogP contribution in [-0.4, -0.2) is 36.5 Å². The fourth-order valence-corrected chi connectivity index (χ4v) is 2.81. The van der Waals surface area contributed by atoms with E-state index < -0.39 is 0 Å². The van der Waals surface area contributed by atoms with E-state index in [2.05, 4.69) is 17.1 Å². The zero-order valence-electron chi connectivity index (χ0n) is 10.5. The van der Waals surface area contributed by atoms with Crippen LogP contribution in [0.4, 0.5) is 0 Å². The molecule has 0 spiro atoms. The Bertz CT molecular complexity index is 250. The van der Waals surface area contributed by atoms with E-state index in [0.717, 1.165) is 24.8 Å². The minimum absolute atomic E-state index is 0.119. The first-order valence-electron chi connectivity index (χ1n) is 6.66. The smallest absolute Gasteiger partial charge is 0.217 e. The molecule has 3 heteroatoms. The van der Waals surface area contributed by atoms with Crippen LogP contribution in [0.15, 0.2) is 0 Å². The Morgan fingerprint density at radius 2 is 2.06 bits per heavy atom. The second-order valence-electron chi connectivity index (χ2n) is 5.57. The molecule has 2 atom stereocenters. The minimum Gasteiger partial charge on any atom is -0.352 e. The Morgan fingerprint density at radius 3 is 2.62 bits per heavy atom. The molecule has 1 N–H and O–H groups in total. The van der Waals surface area contributed by atoms with Crippen LogP contribution in [0.5, 0.6) is 0 Å². The maximum atomic E-state index is 11.1. The number of nitrogens with one attached hydrogen (secondary N) is 1. The molecular formula is C13H24N2O. The van der Waals surface area contributed by atoms with Crippen LogP contribution in [0.25, 0.3) is 0 Å². The number of carbonyl (C=O) groups is 1. The van der Waals surface area contributed by atoms with Crippen molar-refractivity contribution in [3.8, 4) is 0 Å². The van der Waals surface area contributed by atoms with Crippen molar-refractivity contribution in [2.24, 2.45) is 11.8 Å². The highest BCUT2D eigenvalue weighted by Crippen LogP contribution is 2.31. The standard InChI is InChI=1S/C13H24N2O/c1-3-11-6-13(14-10(2)16)9-15(7-11)8-12-4-5-12/h11-13H,3-9H2,1-2H3,(H,14,16). The Hall–Kier alpha value is -0.570. The van der Waals surface area contributed by atoms with Crippen molar-refractivity contribution >= 4 is 5.91 Å². The first-order chi connectivity index (χ1) is 7.67. The molecule has 1 amide bonds. The Kier molecular flexibility index (Phi) is 3.85. The van der Waals surface area contributed by atoms with Crippen LogP contribution in [0.2, 0.25) is 0 Å². The number of rotatable bonds is 4. The molecular weight excluding hydrogens is 200 g/mol. The largest absolute Gasteiger partial charge is 0.352 e. The quantitative estimate of drug-likeness (QED) is 0.787. The predicted octanol–water partition coefficient (Wildman–Crippen LogP) is 1.63. The molecule has 0 aromatic rings. The van der Waals surface area contributed by atoms with E-state index in [1.54, 1.807) is 6.92 Å². The first-order valence-corrected chi connectivity index (χ1v) is 6.66. The van der Waals surface area contributed by atoms with E-state index in [-0.39, 0.29) is 5.91 Å². The molecule has 1 heterocycles. The van der Waals surface area contributed by atoms with E-state index in [4.69, 9.17) is 0 Å². The average molecular weight is 224 g/mol. The molecule has 2 aliphatic rings. The second-order valence-corrected chi connectivity index (χ2v) is 5.57. The van der Waals surface area contributed by atoms with E-state index in [1.165, 1.54) is 32.4 Å². The van der Waals surface area contributed by atoms with Crippen LogP contribution in [0.1, 0.15) is 39.5 Å². The number of hydrogen-bond acceptors (Lipinski definition) is 2. The Labute approximate surface area is 98.6 Å². The minimum atomic E-state index is 0.119. The van der Waals surface area contributed by atoms with Gasteiger partial charge in [-0.15, -0.1) is 0 Å². The lowest BCUT2D eigenvalue weighted by molar-refractivity contribution is -0.120. The Morgan fingerprint density at radius 1 is 1.31 bits per heavy atom. The summed E-state index contributed by atoms with van der Waals surface area (Å²) in [4.78, 5) is 13.7. The molecule has 0 aromatic heterocycles. The number of nitrogens with zero attached hydrogens (tertiary/aromatic N) is 1. The number of likely N-dealkylation sites (tertiary alicyclic amines) is 1. The highest BCUT2D eigenvalue weighted by atomic mass is 16.1. The van der Waals surface area contributed by atoms with E-state index in [0.29, 0.717) is 6.04 Å². The maximum Gasteiger partial charge on any atom is 0.217 e. The van der Waals surface area contributed by atoms with Gasteiger partial charge in [0.2, 0.25) is 5.91 Å². The van der Waals surface area contributed by atoms with Crippen molar-refractivity contribution in [1.82, 2.24) is 10.2 Å². The summed E-state index contributed by atoms with van der Waals surface area (Å²) in [7, 11) is 0. The van der Waals surface area contributed by atoms with Gasteiger partial charge in [0, 0.05) is 32.6 Å². The third-order valence-corrected chi connectivity index (χ3v) is 3.81. The SMILES string of the molecule is CCC1CC(NC(C)=O)CN(CC2CC2)C1. The Balaban J connectivity index is 1.85. The van der Waals surface area contributed by atoms with Gasteiger partial charge in [-0.05, 0) is 31.1 Å². The van der Waals surface area contributed by atoms with Gasteiger partial charge in [0.15, 0.2) is 0 Å². The molecule has 1 saturated carbocycles. The first kappa shape index (κ1) is 11.9. The van der Waals surface area contributed by atoms with Gasteiger partial charge in [-0.25, -0.2) is 0 Å². The van der Waals surface area contributed by atoms with E-state index in [1.807, 2.05) is 0 Å². The molecule has 0 aromatic carbocycles. The lowest BCUT2D eigenvalue weighted by Crippen LogP contribution is -2.50. The van der Waals surface area contributed by atoms with Gasteiger partial charge in [-0.3, -0.25) is 4.79 Å². The van der Waals surface area contributed by atoms with E-state index in [9.17, 15) is 4.79 Å². The summed E-state index contributed by atoms with van der Waals surface area (Å²) in [5, 5.41) is 3.09. The highest BCUT2D eigenvalue weighted by molar-refractivity contribution is 5.73. The fraction of sp³-hybridized carbons (Fsp3) is 0.923. The summed E-state index contributed by atoms with van der Waals surface area (Å²) < 4.78 is 0. The van der Waals surface area contributed by atoms with Gasteiger partial charge >= 0.3 is 0 Å². The number of hydrogen-bond donors (Lipinski definition) is 1. The van der Waals surface area contributed by atoms with Gasteiger partial charge in [-0.1, -0.05) is 13.3 Å². The molecule has 0 radical (unpaired) electrons. The summed E-state index contributed by atoms with van der Waals surface area (Å²) in [6.07, 6.45) is 5.23. The van der Waals surface area contributed by atoms with Crippen molar-refractivity contribution in [3.05, 3.63) is 0 Å². The molecule has 1 saturated heterocycles. The topological polar surface area (TPSA) is 32.3 Å². The molecule has 92 valence electrons. The van der Waals surface area contributed by atoms with Gasteiger partial charge in [0.05, 0.1) is 0 Å². The maximum absolute atomic E-state index is 11.1. The van der Waals surface area contributed by atoms with Crippen molar-refractivity contribution in [2.45, 2.75) is 45.6 Å². The van der Waals surface area contributed by atoms with Gasteiger partial charge in [0.25, 0.3) is 0 Å². The van der Waals surface area contributed by atoms with Crippen LogP contribution in [-0.2, 0) is 4.79 Å². The van der Waals surface area contributed by atoms with Crippen molar-refractivity contribution in [3.63, 3.8) is 0 Å². The molecule has 3 nitrogen and oxygen atoms in total. The van der Waals surface area contributed by atoms with Gasteiger partial charge < -0.3 is 10.2 Å². The summed E-state index contributed by atoms with van der Waals surface area (Å²) in [6.45, 7) is 7.44. The molecule has 2 unspecified atom stereocenters. The van der Waals surface area contributed by atoms with Crippen LogP contribution in [0.3, 0.4) is 0 Å². The zero-order chi connectivity index (χ0) is 11.5. The monoisotopic (exact) mass is 224 g/mol. The highest BCUT2D eigenvalue weighted by Gasteiger charge is 2.31. The summed E-state index contributed by atoms with van der Waals surface area (Å²) >= 11 is 0. The zero-order valence-corrected chi connectivity index (χ0v) is 10.5. The summed E-state index contributed by atoms with van der Waals surface area (Å²) in [5.41, 5.74) is 0.